The molecule has 0 bridgehead atoms. The van der Waals surface area contributed by atoms with Crippen molar-refractivity contribution < 1.29 is 13.2 Å². The summed E-state index contributed by atoms with van der Waals surface area (Å²) in [5.41, 5.74) is 0. The van der Waals surface area contributed by atoms with Crippen molar-refractivity contribution in [3.63, 3.8) is 0 Å². The summed E-state index contributed by atoms with van der Waals surface area (Å²) in [6.45, 7) is 5.65. The predicted octanol–water partition coefficient (Wildman–Crippen LogP) is 1.33. The maximum Gasteiger partial charge on any atom is 0.451 e. The number of nitrogens with zero attached hydrogens (tertiary/aromatic N) is 3. The first-order valence-electron chi connectivity index (χ1n) is 4.49. The topological polar surface area (TPSA) is 70.8 Å². The summed E-state index contributed by atoms with van der Waals surface area (Å²) in [5.74, 6) is 4.17. The summed E-state index contributed by atoms with van der Waals surface area (Å²) >= 11 is 0. The molecule has 0 saturated carbocycles. The number of halogens is 3. The average Bonchev–Trinajstić information content (AvgIpc) is 2.65. The molecule has 0 fully saturated rings. The Labute approximate surface area is 90.1 Å². The van der Waals surface area contributed by atoms with Crippen molar-refractivity contribution in [3.05, 3.63) is 18.5 Å². The molecular formula is C8H12F3N5. The molecule has 0 aliphatic rings. The lowest BCUT2D eigenvalue weighted by Gasteiger charge is -2.16. The first-order valence-corrected chi connectivity index (χ1v) is 4.49. The third kappa shape index (κ3) is 2.96. The van der Waals surface area contributed by atoms with Crippen LogP contribution in [0.2, 0.25) is 0 Å². The molecule has 5 nitrogen and oxygen atoms in total. The highest BCUT2D eigenvalue weighted by atomic mass is 19.4. The molecule has 0 aromatic carbocycles. The maximum atomic E-state index is 12.2. The fraction of sp³-hybridized carbons (Fsp3) is 0.500. The van der Waals surface area contributed by atoms with Crippen molar-refractivity contribution in [2.75, 3.05) is 11.6 Å². The molecule has 0 amide bonds. The molecule has 1 aromatic heterocycles. The second-order valence-electron chi connectivity index (χ2n) is 3.35. The summed E-state index contributed by atoms with van der Waals surface area (Å²) in [5, 5.41) is 6.20. The van der Waals surface area contributed by atoms with E-state index in [4.69, 9.17) is 5.84 Å². The summed E-state index contributed by atoms with van der Waals surface area (Å²) in [6, 6.07) is 0. The van der Waals surface area contributed by atoms with E-state index in [0.29, 0.717) is 6.54 Å². The molecular weight excluding hydrogens is 223 g/mol. The van der Waals surface area contributed by atoms with E-state index in [0.717, 1.165) is 5.01 Å². The number of hydrogen-bond acceptors (Lipinski definition) is 4. The Morgan fingerprint density at radius 2 is 2.25 bits per heavy atom. The first-order chi connectivity index (χ1) is 7.34. The molecule has 90 valence electrons. The van der Waals surface area contributed by atoms with Crippen molar-refractivity contribution in [2.45, 2.75) is 13.1 Å². The van der Waals surface area contributed by atoms with Gasteiger partial charge in [0.05, 0.1) is 0 Å². The molecule has 0 spiro atoms. The minimum atomic E-state index is -4.55. The molecule has 0 saturated heterocycles. The van der Waals surface area contributed by atoms with Gasteiger partial charge in [0, 0.05) is 6.54 Å². The van der Waals surface area contributed by atoms with Crippen LogP contribution in [0, 0.1) is 5.92 Å². The van der Waals surface area contributed by atoms with Gasteiger partial charge in [-0.25, -0.2) is 5.84 Å². The van der Waals surface area contributed by atoms with Gasteiger partial charge in [-0.1, -0.05) is 13.0 Å². The van der Waals surface area contributed by atoms with E-state index in [1.54, 1.807) is 11.2 Å². The van der Waals surface area contributed by atoms with Gasteiger partial charge in [0.25, 0.3) is 5.95 Å². The SMILES string of the molecule is C=CC(C)CN(N)c1n[nH]c(C(F)(F)F)n1. The zero-order chi connectivity index (χ0) is 12.3. The van der Waals surface area contributed by atoms with Crippen molar-refractivity contribution in [1.29, 1.82) is 0 Å². The van der Waals surface area contributed by atoms with E-state index in [2.05, 4.69) is 16.7 Å². The van der Waals surface area contributed by atoms with Crippen LogP contribution in [0.15, 0.2) is 12.7 Å². The number of H-pyrrole nitrogens is 1. The van der Waals surface area contributed by atoms with Crippen molar-refractivity contribution in [1.82, 2.24) is 15.2 Å². The van der Waals surface area contributed by atoms with E-state index in [-0.39, 0.29) is 11.9 Å². The summed E-state index contributed by atoms with van der Waals surface area (Å²) in [6.07, 6.45) is -2.91. The second kappa shape index (κ2) is 4.52. The normalized spacial score (nSPS) is 13.6. The van der Waals surface area contributed by atoms with Gasteiger partial charge < -0.3 is 0 Å². The fourth-order valence-electron chi connectivity index (χ4n) is 0.975. The average molecular weight is 235 g/mol. The third-order valence-electron chi connectivity index (χ3n) is 1.89. The van der Waals surface area contributed by atoms with Crippen LogP contribution in [0.5, 0.6) is 0 Å². The maximum absolute atomic E-state index is 12.2. The van der Waals surface area contributed by atoms with Crippen LogP contribution in [-0.2, 0) is 6.18 Å². The largest absolute Gasteiger partial charge is 0.451 e. The minimum absolute atomic E-state index is 0.0258. The Kier molecular flexibility index (Phi) is 3.53. The van der Waals surface area contributed by atoms with E-state index in [1.807, 2.05) is 6.92 Å². The Balaban J connectivity index is 2.74. The van der Waals surface area contributed by atoms with E-state index >= 15 is 0 Å². The predicted molar refractivity (Wildman–Crippen MR) is 52.3 cm³/mol. The van der Waals surface area contributed by atoms with Crippen molar-refractivity contribution in [3.8, 4) is 0 Å². The van der Waals surface area contributed by atoms with E-state index in [9.17, 15) is 13.2 Å². The number of anilines is 1. The van der Waals surface area contributed by atoms with Gasteiger partial charge in [0.1, 0.15) is 0 Å². The lowest BCUT2D eigenvalue weighted by Crippen LogP contribution is -2.35. The van der Waals surface area contributed by atoms with E-state index in [1.165, 1.54) is 0 Å². The minimum Gasteiger partial charge on any atom is -0.277 e. The van der Waals surface area contributed by atoms with Gasteiger partial charge in [-0.3, -0.25) is 10.1 Å². The van der Waals surface area contributed by atoms with Crippen LogP contribution in [0.4, 0.5) is 19.1 Å². The van der Waals surface area contributed by atoms with Crippen LogP contribution in [0.1, 0.15) is 12.7 Å². The molecule has 1 heterocycles. The number of alkyl halides is 3. The second-order valence-corrected chi connectivity index (χ2v) is 3.35. The van der Waals surface area contributed by atoms with Gasteiger partial charge in [0.15, 0.2) is 0 Å². The molecule has 8 heteroatoms. The number of rotatable bonds is 4. The van der Waals surface area contributed by atoms with Gasteiger partial charge in [0.2, 0.25) is 5.82 Å². The quantitative estimate of drug-likeness (QED) is 0.469. The molecule has 0 aliphatic heterocycles. The van der Waals surface area contributed by atoms with Crippen LogP contribution in [0.3, 0.4) is 0 Å². The Morgan fingerprint density at radius 3 is 2.69 bits per heavy atom. The monoisotopic (exact) mass is 235 g/mol. The number of nitrogens with two attached hydrogens (primary N) is 1. The Bertz CT molecular complexity index is 359. The van der Waals surface area contributed by atoms with Gasteiger partial charge in [-0.15, -0.1) is 11.7 Å². The van der Waals surface area contributed by atoms with Crippen LogP contribution < -0.4 is 10.9 Å². The Morgan fingerprint density at radius 1 is 1.62 bits per heavy atom. The van der Waals surface area contributed by atoms with Crippen molar-refractivity contribution >= 4 is 5.95 Å². The smallest absolute Gasteiger partial charge is 0.277 e. The molecule has 1 aromatic rings. The molecule has 1 rings (SSSR count). The third-order valence-corrected chi connectivity index (χ3v) is 1.89. The van der Waals surface area contributed by atoms with Crippen LogP contribution >= 0.6 is 0 Å². The molecule has 0 aliphatic carbocycles. The number of nitrogens with one attached hydrogen (secondary N) is 1. The van der Waals surface area contributed by atoms with Crippen LogP contribution in [-0.4, -0.2) is 21.7 Å². The Hall–Kier alpha value is -1.57. The number of aromatic amines is 1. The molecule has 3 N–H and O–H groups in total. The van der Waals surface area contributed by atoms with Gasteiger partial charge >= 0.3 is 6.18 Å². The summed E-state index contributed by atoms with van der Waals surface area (Å²) in [7, 11) is 0. The van der Waals surface area contributed by atoms with E-state index < -0.39 is 12.0 Å². The summed E-state index contributed by atoms with van der Waals surface area (Å²) in [4.78, 5) is 3.24. The molecule has 16 heavy (non-hydrogen) atoms. The fourth-order valence-corrected chi connectivity index (χ4v) is 0.975. The number of aromatic nitrogens is 3. The summed E-state index contributed by atoms with van der Waals surface area (Å²) < 4.78 is 36.6. The molecule has 0 radical (unpaired) electrons. The van der Waals surface area contributed by atoms with Gasteiger partial charge in [-0.05, 0) is 5.92 Å². The van der Waals surface area contributed by atoms with Gasteiger partial charge in [-0.2, -0.15) is 18.2 Å². The van der Waals surface area contributed by atoms with Crippen molar-refractivity contribution in [2.24, 2.45) is 11.8 Å². The molecule has 1 unspecified atom stereocenters. The highest BCUT2D eigenvalue weighted by Gasteiger charge is 2.35. The number of hydrogen-bond donors (Lipinski definition) is 2. The van der Waals surface area contributed by atoms with Crippen LogP contribution in [0.25, 0.3) is 0 Å². The first kappa shape index (κ1) is 12.5. The number of hydrazine groups is 1. The highest BCUT2D eigenvalue weighted by molar-refractivity contribution is 5.26. The molecule has 1 atom stereocenters. The zero-order valence-electron chi connectivity index (χ0n) is 8.62. The highest BCUT2D eigenvalue weighted by Crippen LogP contribution is 2.26. The zero-order valence-corrected chi connectivity index (χ0v) is 8.62. The lowest BCUT2D eigenvalue weighted by molar-refractivity contribution is -0.144. The lowest BCUT2D eigenvalue weighted by atomic mass is 10.2. The standard InChI is InChI=1S/C8H12F3N5/c1-3-5(2)4-16(12)7-13-6(14-15-7)8(9,10)11/h3,5H,1,4,12H2,2H3,(H,13,14,15).